The third-order valence-corrected chi connectivity index (χ3v) is 5.15. The van der Waals surface area contributed by atoms with Crippen molar-refractivity contribution in [3.63, 3.8) is 0 Å². The highest BCUT2D eigenvalue weighted by Gasteiger charge is 2.22. The molecule has 6 nitrogen and oxygen atoms in total. The molecule has 6 heteroatoms. The number of fused-ring (bicyclic) bond motifs is 3. The van der Waals surface area contributed by atoms with Gasteiger partial charge in [-0.25, -0.2) is 0 Å². The predicted octanol–water partition coefficient (Wildman–Crippen LogP) is 4.05. The van der Waals surface area contributed by atoms with Crippen molar-refractivity contribution in [2.45, 2.75) is 19.9 Å². The second-order valence-electron chi connectivity index (χ2n) is 7.00. The van der Waals surface area contributed by atoms with E-state index in [0.29, 0.717) is 29.8 Å². The minimum Gasteiger partial charge on any atom is -0.497 e. The fraction of sp³-hybridized carbons (Fsp3) is 0.348. The largest absolute Gasteiger partial charge is 0.497 e. The third-order valence-electron chi connectivity index (χ3n) is 5.15. The van der Waals surface area contributed by atoms with Crippen LogP contribution in [-0.2, 0) is 11.3 Å². The van der Waals surface area contributed by atoms with Gasteiger partial charge in [0.05, 0.1) is 23.6 Å². The predicted molar refractivity (Wildman–Crippen MR) is 111 cm³/mol. The molecular formula is C23H25NO5. The van der Waals surface area contributed by atoms with E-state index in [2.05, 4.69) is 4.90 Å². The molecule has 1 aromatic heterocycles. The smallest absolute Gasteiger partial charge is 0.200 e. The monoisotopic (exact) mass is 395 g/mol. The second-order valence-corrected chi connectivity index (χ2v) is 7.00. The molecule has 0 bridgehead atoms. The molecule has 0 N–H and O–H groups in total. The number of rotatable bonds is 7. The SMILES string of the molecule is CCOCCCN1COc2ccc3c(=O)c(-c4ccc(OC)cc4)coc3c2C1. The zero-order valence-electron chi connectivity index (χ0n) is 16.8. The van der Waals surface area contributed by atoms with Crippen LogP contribution in [0.25, 0.3) is 22.1 Å². The van der Waals surface area contributed by atoms with Gasteiger partial charge in [-0.15, -0.1) is 0 Å². The standard InChI is InChI=1S/C23H25NO5/c1-3-27-12-4-11-24-13-19-21(29-15-24)10-9-18-22(25)20(14-28-23(18)19)16-5-7-17(26-2)8-6-16/h5-10,14H,3-4,11-13,15H2,1-2H3. The van der Waals surface area contributed by atoms with Gasteiger partial charge in [0.25, 0.3) is 0 Å². The van der Waals surface area contributed by atoms with Gasteiger partial charge in [-0.3, -0.25) is 9.69 Å². The van der Waals surface area contributed by atoms with Crippen molar-refractivity contribution < 1.29 is 18.6 Å². The molecule has 0 fully saturated rings. The quantitative estimate of drug-likeness (QED) is 0.563. The number of ether oxygens (including phenoxy) is 3. The highest BCUT2D eigenvalue weighted by atomic mass is 16.5. The molecule has 0 amide bonds. The highest BCUT2D eigenvalue weighted by molar-refractivity contribution is 5.85. The average Bonchev–Trinajstić information content (AvgIpc) is 2.77. The summed E-state index contributed by atoms with van der Waals surface area (Å²) in [5.41, 5.74) is 2.80. The number of methoxy groups -OCH3 is 1. The Morgan fingerprint density at radius 3 is 2.72 bits per heavy atom. The Balaban J connectivity index is 1.64. The van der Waals surface area contributed by atoms with E-state index in [9.17, 15) is 4.79 Å². The minimum atomic E-state index is -0.0484. The number of hydrogen-bond donors (Lipinski definition) is 0. The number of hydrogen-bond acceptors (Lipinski definition) is 6. The summed E-state index contributed by atoms with van der Waals surface area (Å²) in [6.07, 6.45) is 2.48. The van der Waals surface area contributed by atoms with Crippen LogP contribution in [0, 0.1) is 0 Å². The summed E-state index contributed by atoms with van der Waals surface area (Å²) < 4.78 is 22.5. The molecule has 0 saturated carbocycles. The van der Waals surface area contributed by atoms with Gasteiger partial charge in [0, 0.05) is 26.3 Å². The fourth-order valence-electron chi connectivity index (χ4n) is 3.60. The van der Waals surface area contributed by atoms with Gasteiger partial charge in [0.15, 0.2) is 0 Å². The van der Waals surface area contributed by atoms with Gasteiger partial charge >= 0.3 is 0 Å². The first kappa shape index (κ1) is 19.5. The topological polar surface area (TPSA) is 61.1 Å². The Hall–Kier alpha value is -2.83. The van der Waals surface area contributed by atoms with Crippen LogP contribution in [0.2, 0.25) is 0 Å². The van der Waals surface area contributed by atoms with Crippen molar-refractivity contribution in [1.29, 1.82) is 0 Å². The first-order valence-corrected chi connectivity index (χ1v) is 9.86. The lowest BCUT2D eigenvalue weighted by Crippen LogP contribution is -2.33. The van der Waals surface area contributed by atoms with Crippen molar-refractivity contribution in [3.8, 4) is 22.6 Å². The molecule has 0 aliphatic carbocycles. The summed E-state index contributed by atoms with van der Waals surface area (Å²) in [7, 11) is 1.62. The molecular weight excluding hydrogens is 370 g/mol. The molecule has 3 aromatic rings. The van der Waals surface area contributed by atoms with E-state index < -0.39 is 0 Å². The van der Waals surface area contributed by atoms with Crippen molar-refractivity contribution in [3.05, 3.63) is 58.4 Å². The summed E-state index contributed by atoms with van der Waals surface area (Å²) in [5, 5.41) is 0.567. The van der Waals surface area contributed by atoms with Crippen LogP contribution < -0.4 is 14.9 Å². The van der Waals surface area contributed by atoms with Crippen LogP contribution in [0.15, 0.2) is 51.9 Å². The second kappa shape index (κ2) is 8.68. The lowest BCUT2D eigenvalue weighted by Gasteiger charge is -2.29. The maximum atomic E-state index is 13.1. The van der Waals surface area contributed by atoms with Crippen LogP contribution in [-0.4, -0.2) is 38.5 Å². The molecule has 1 aliphatic rings. The van der Waals surface area contributed by atoms with Crippen LogP contribution in [0.1, 0.15) is 18.9 Å². The molecule has 0 atom stereocenters. The van der Waals surface area contributed by atoms with Crippen LogP contribution >= 0.6 is 0 Å². The molecule has 2 aromatic carbocycles. The lowest BCUT2D eigenvalue weighted by atomic mass is 10.0. The molecule has 152 valence electrons. The minimum absolute atomic E-state index is 0.0484. The van der Waals surface area contributed by atoms with Gasteiger partial charge in [0.2, 0.25) is 5.43 Å². The van der Waals surface area contributed by atoms with Crippen LogP contribution in [0.4, 0.5) is 0 Å². The average molecular weight is 395 g/mol. The van der Waals surface area contributed by atoms with E-state index in [1.165, 1.54) is 0 Å². The van der Waals surface area contributed by atoms with Crippen molar-refractivity contribution in [1.82, 2.24) is 4.90 Å². The molecule has 29 heavy (non-hydrogen) atoms. The first-order chi connectivity index (χ1) is 14.2. The van der Waals surface area contributed by atoms with Crippen molar-refractivity contribution in [2.75, 3.05) is 33.6 Å². The maximum absolute atomic E-state index is 13.1. The van der Waals surface area contributed by atoms with Gasteiger partial charge in [-0.05, 0) is 43.2 Å². The van der Waals surface area contributed by atoms with Gasteiger partial charge in [0.1, 0.15) is 30.1 Å². The first-order valence-electron chi connectivity index (χ1n) is 9.86. The highest BCUT2D eigenvalue weighted by Crippen LogP contribution is 2.32. The van der Waals surface area contributed by atoms with Crippen molar-refractivity contribution in [2.24, 2.45) is 0 Å². The summed E-state index contributed by atoms with van der Waals surface area (Å²) in [6, 6.07) is 11.0. The van der Waals surface area contributed by atoms with Crippen molar-refractivity contribution >= 4 is 11.0 Å². The van der Waals surface area contributed by atoms with E-state index in [-0.39, 0.29) is 5.43 Å². The summed E-state index contributed by atoms with van der Waals surface area (Å²) in [6.45, 7) is 5.53. The zero-order valence-corrected chi connectivity index (χ0v) is 16.8. The molecule has 1 aliphatic heterocycles. The molecule has 0 spiro atoms. The Morgan fingerprint density at radius 1 is 1.14 bits per heavy atom. The van der Waals surface area contributed by atoms with E-state index in [4.69, 9.17) is 18.6 Å². The summed E-state index contributed by atoms with van der Waals surface area (Å²) >= 11 is 0. The van der Waals surface area contributed by atoms with Gasteiger partial charge in [-0.2, -0.15) is 0 Å². The Morgan fingerprint density at radius 2 is 1.97 bits per heavy atom. The fourth-order valence-corrected chi connectivity index (χ4v) is 3.60. The molecule has 0 radical (unpaired) electrons. The number of nitrogens with zero attached hydrogens (tertiary/aromatic N) is 1. The summed E-state index contributed by atoms with van der Waals surface area (Å²) in [5.74, 6) is 1.52. The van der Waals surface area contributed by atoms with Crippen LogP contribution in [0.5, 0.6) is 11.5 Å². The molecule has 4 rings (SSSR count). The third kappa shape index (κ3) is 3.99. The molecule has 0 unspecified atom stereocenters. The van der Waals surface area contributed by atoms with E-state index in [1.807, 2.05) is 37.3 Å². The van der Waals surface area contributed by atoms with E-state index in [0.717, 1.165) is 48.8 Å². The van der Waals surface area contributed by atoms with Crippen LogP contribution in [0.3, 0.4) is 0 Å². The van der Waals surface area contributed by atoms with Gasteiger partial charge < -0.3 is 18.6 Å². The molecule has 0 saturated heterocycles. The number of benzene rings is 2. The zero-order chi connectivity index (χ0) is 20.2. The lowest BCUT2D eigenvalue weighted by molar-refractivity contribution is 0.0772. The Bertz CT molecular complexity index is 1040. The Labute approximate surface area is 169 Å². The summed E-state index contributed by atoms with van der Waals surface area (Å²) in [4.78, 5) is 15.3. The van der Waals surface area contributed by atoms with Gasteiger partial charge in [-0.1, -0.05) is 12.1 Å². The van der Waals surface area contributed by atoms with E-state index in [1.54, 1.807) is 19.4 Å². The van der Waals surface area contributed by atoms with E-state index >= 15 is 0 Å². The normalized spacial score (nSPS) is 13.9. The maximum Gasteiger partial charge on any atom is 0.200 e. The Kier molecular flexibility index (Phi) is 5.83. The molecule has 2 heterocycles.